The van der Waals surface area contributed by atoms with Crippen LogP contribution in [0.3, 0.4) is 0 Å². The van der Waals surface area contributed by atoms with Gasteiger partial charge in [0.25, 0.3) is 0 Å². The molecule has 2 aromatic heterocycles. The van der Waals surface area contributed by atoms with Crippen molar-refractivity contribution < 1.29 is 0 Å². The Morgan fingerprint density at radius 1 is 0.875 bits per heavy atom. The molecule has 0 aliphatic carbocycles. The van der Waals surface area contributed by atoms with E-state index in [-0.39, 0.29) is 0 Å². The Bertz CT molecular complexity index is 839. The van der Waals surface area contributed by atoms with Crippen LogP contribution in [0.5, 0.6) is 0 Å². The summed E-state index contributed by atoms with van der Waals surface area (Å²) >= 11 is 3.36. The van der Waals surface area contributed by atoms with Gasteiger partial charge in [0.15, 0.2) is 0 Å². The number of rotatable bonds is 4. The second-order valence-corrected chi connectivity index (χ2v) is 6.53. The molecular formula is C18H18BrN5. The average Bonchev–Trinajstić information content (AvgIpc) is 2.55. The molecule has 0 unspecified atom stereocenters. The summed E-state index contributed by atoms with van der Waals surface area (Å²) in [6.07, 6.45) is 3.44. The summed E-state index contributed by atoms with van der Waals surface area (Å²) in [6, 6.07) is 9.85. The third kappa shape index (κ3) is 3.89. The van der Waals surface area contributed by atoms with Gasteiger partial charge >= 0.3 is 0 Å². The zero-order valence-electron chi connectivity index (χ0n) is 13.8. The second kappa shape index (κ2) is 6.97. The monoisotopic (exact) mass is 383 g/mol. The Morgan fingerprint density at radius 3 is 2.29 bits per heavy atom. The number of halogens is 1. The minimum atomic E-state index is 0.496. The average molecular weight is 384 g/mol. The highest BCUT2D eigenvalue weighted by Gasteiger charge is 2.04. The fourth-order valence-electron chi connectivity index (χ4n) is 2.31. The maximum absolute atomic E-state index is 4.48. The van der Waals surface area contributed by atoms with Crippen molar-refractivity contribution in [1.82, 2.24) is 15.0 Å². The highest BCUT2D eigenvalue weighted by Crippen LogP contribution is 2.22. The van der Waals surface area contributed by atoms with E-state index in [0.717, 1.165) is 16.0 Å². The molecule has 3 rings (SSSR count). The number of aryl methyl sites for hydroxylation is 2. The summed E-state index contributed by atoms with van der Waals surface area (Å²) < 4.78 is 0.925. The molecule has 5 nitrogen and oxygen atoms in total. The standard InChI is InChI=1S/C18H18BrN5/c1-11-8-15(9-12(2)13(11)3)22-17-6-7-20-18(24-17)23-16-5-4-14(19)10-21-16/h4-10H,1-3H3,(H2,20,21,22,23,24). The van der Waals surface area contributed by atoms with Crippen LogP contribution in [0.15, 0.2) is 47.2 Å². The van der Waals surface area contributed by atoms with E-state index in [9.17, 15) is 0 Å². The van der Waals surface area contributed by atoms with Crippen LogP contribution in [0.4, 0.5) is 23.3 Å². The normalized spacial score (nSPS) is 10.5. The molecule has 0 saturated carbocycles. The molecule has 0 spiro atoms. The topological polar surface area (TPSA) is 62.7 Å². The van der Waals surface area contributed by atoms with Gasteiger partial charge < -0.3 is 10.6 Å². The van der Waals surface area contributed by atoms with Crippen molar-refractivity contribution >= 4 is 39.2 Å². The van der Waals surface area contributed by atoms with E-state index < -0.39 is 0 Å². The van der Waals surface area contributed by atoms with E-state index in [1.54, 1.807) is 12.4 Å². The van der Waals surface area contributed by atoms with Crippen molar-refractivity contribution in [2.75, 3.05) is 10.6 Å². The van der Waals surface area contributed by atoms with Crippen LogP contribution in [0.25, 0.3) is 0 Å². The van der Waals surface area contributed by atoms with Gasteiger partial charge in [0, 0.05) is 22.6 Å². The lowest BCUT2D eigenvalue weighted by Gasteiger charge is -2.11. The van der Waals surface area contributed by atoms with Crippen LogP contribution >= 0.6 is 15.9 Å². The molecule has 2 heterocycles. The van der Waals surface area contributed by atoms with Gasteiger partial charge in [-0.15, -0.1) is 0 Å². The molecule has 2 N–H and O–H groups in total. The summed E-state index contributed by atoms with van der Waals surface area (Å²) in [6.45, 7) is 6.35. The summed E-state index contributed by atoms with van der Waals surface area (Å²) in [4.78, 5) is 13.0. The van der Waals surface area contributed by atoms with Gasteiger partial charge in [0.05, 0.1) is 0 Å². The number of nitrogens with zero attached hydrogens (tertiary/aromatic N) is 3. The predicted octanol–water partition coefficient (Wildman–Crippen LogP) is 5.05. The first-order valence-electron chi connectivity index (χ1n) is 7.58. The quantitative estimate of drug-likeness (QED) is 0.659. The molecule has 3 aromatic rings. The maximum Gasteiger partial charge on any atom is 0.230 e. The fourth-order valence-corrected chi connectivity index (χ4v) is 2.54. The fraction of sp³-hybridized carbons (Fsp3) is 0.167. The van der Waals surface area contributed by atoms with Crippen molar-refractivity contribution in [3.63, 3.8) is 0 Å². The molecule has 0 radical (unpaired) electrons. The molecule has 0 fully saturated rings. The van der Waals surface area contributed by atoms with E-state index in [2.05, 4.69) is 74.4 Å². The molecule has 0 aliphatic heterocycles. The number of anilines is 4. The van der Waals surface area contributed by atoms with Gasteiger partial charge in [-0.2, -0.15) is 4.98 Å². The van der Waals surface area contributed by atoms with Gasteiger partial charge in [-0.1, -0.05) is 0 Å². The Kier molecular flexibility index (Phi) is 4.76. The predicted molar refractivity (Wildman–Crippen MR) is 101 cm³/mol. The lowest BCUT2D eigenvalue weighted by molar-refractivity contribution is 1.14. The van der Waals surface area contributed by atoms with Crippen molar-refractivity contribution in [1.29, 1.82) is 0 Å². The molecule has 0 saturated heterocycles. The number of pyridine rings is 1. The molecule has 0 amide bonds. The van der Waals surface area contributed by atoms with Gasteiger partial charge in [-0.3, -0.25) is 0 Å². The molecule has 0 atom stereocenters. The lowest BCUT2D eigenvalue weighted by Crippen LogP contribution is -2.02. The van der Waals surface area contributed by atoms with Gasteiger partial charge in [0.1, 0.15) is 11.6 Å². The van der Waals surface area contributed by atoms with E-state index >= 15 is 0 Å². The van der Waals surface area contributed by atoms with Gasteiger partial charge in [-0.25, -0.2) is 9.97 Å². The third-order valence-electron chi connectivity index (χ3n) is 3.82. The summed E-state index contributed by atoms with van der Waals surface area (Å²) in [5.74, 6) is 1.92. The Balaban J connectivity index is 1.79. The Labute approximate surface area is 149 Å². The van der Waals surface area contributed by atoms with Crippen molar-refractivity contribution in [3.05, 3.63) is 63.9 Å². The number of hydrogen-bond acceptors (Lipinski definition) is 5. The first-order valence-corrected chi connectivity index (χ1v) is 8.37. The van der Waals surface area contributed by atoms with E-state index in [0.29, 0.717) is 11.8 Å². The molecule has 1 aromatic carbocycles. The number of aromatic nitrogens is 3. The minimum absolute atomic E-state index is 0.496. The smallest absolute Gasteiger partial charge is 0.230 e. The minimum Gasteiger partial charge on any atom is -0.340 e. The van der Waals surface area contributed by atoms with Crippen molar-refractivity contribution in [2.45, 2.75) is 20.8 Å². The van der Waals surface area contributed by atoms with Gasteiger partial charge in [0.2, 0.25) is 5.95 Å². The molecule has 0 bridgehead atoms. The zero-order valence-corrected chi connectivity index (χ0v) is 15.3. The number of benzene rings is 1. The summed E-state index contributed by atoms with van der Waals surface area (Å²) in [7, 11) is 0. The van der Waals surface area contributed by atoms with Crippen LogP contribution in [-0.2, 0) is 0 Å². The number of nitrogens with one attached hydrogen (secondary N) is 2. The van der Waals surface area contributed by atoms with Gasteiger partial charge in [-0.05, 0) is 83.7 Å². The summed E-state index contributed by atoms with van der Waals surface area (Å²) in [5.41, 5.74) is 4.84. The molecule has 122 valence electrons. The Morgan fingerprint density at radius 2 is 1.62 bits per heavy atom. The van der Waals surface area contributed by atoms with Crippen molar-refractivity contribution in [3.8, 4) is 0 Å². The lowest BCUT2D eigenvalue weighted by atomic mass is 10.0. The van der Waals surface area contributed by atoms with Crippen LogP contribution in [0.1, 0.15) is 16.7 Å². The highest BCUT2D eigenvalue weighted by atomic mass is 79.9. The molecular weight excluding hydrogens is 366 g/mol. The van der Waals surface area contributed by atoms with E-state index in [1.165, 1.54) is 16.7 Å². The van der Waals surface area contributed by atoms with Crippen molar-refractivity contribution in [2.24, 2.45) is 0 Å². The van der Waals surface area contributed by atoms with Crippen LogP contribution in [-0.4, -0.2) is 15.0 Å². The zero-order chi connectivity index (χ0) is 17.1. The largest absolute Gasteiger partial charge is 0.340 e. The second-order valence-electron chi connectivity index (χ2n) is 5.61. The molecule has 6 heteroatoms. The van der Waals surface area contributed by atoms with Crippen LogP contribution in [0.2, 0.25) is 0 Å². The Hall–Kier alpha value is -2.47. The molecule has 24 heavy (non-hydrogen) atoms. The molecule has 0 aliphatic rings. The third-order valence-corrected chi connectivity index (χ3v) is 4.29. The summed E-state index contributed by atoms with van der Waals surface area (Å²) in [5, 5.41) is 6.42. The van der Waals surface area contributed by atoms with E-state index in [1.807, 2.05) is 18.2 Å². The first kappa shape index (κ1) is 16.4. The first-order chi connectivity index (χ1) is 11.5. The maximum atomic E-state index is 4.48. The van der Waals surface area contributed by atoms with Crippen LogP contribution in [0, 0.1) is 20.8 Å². The highest BCUT2D eigenvalue weighted by molar-refractivity contribution is 9.10. The number of hydrogen-bond donors (Lipinski definition) is 2. The van der Waals surface area contributed by atoms with Crippen LogP contribution < -0.4 is 10.6 Å². The SMILES string of the molecule is Cc1cc(Nc2ccnc(Nc3ccc(Br)cn3)n2)cc(C)c1C. The van der Waals surface area contributed by atoms with E-state index in [4.69, 9.17) is 0 Å².